The van der Waals surface area contributed by atoms with Crippen LogP contribution in [0.2, 0.25) is 10.0 Å². The van der Waals surface area contributed by atoms with E-state index in [1.165, 1.54) is 18.2 Å². The summed E-state index contributed by atoms with van der Waals surface area (Å²) in [5, 5.41) is 3.60. The molecule has 1 heterocycles. The smallest absolute Gasteiger partial charge is 0.187 e. The first-order valence-corrected chi connectivity index (χ1v) is 8.39. The summed E-state index contributed by atoms with van der Waals surface area (Å²) in [6.45, 7) is 3.33. The predicted octanol–water partition coefficient (Wildman–Crippen LogP) is 3.69. The molecule has 0 spiro atoms. The fourth-order valence-corrected chi connectivity index (χ4v) is 4.88. The molecule has 1 unspecified atom stereocenters. The Hall–Kier alpha value is -0.690. The molecule has 19 heavy (non-hydrogen) atoms. The van der Waals surface area contributed by atoms with Crippen LogP contribution in [0, 0.1) is 6.92 Å². The summed E-state index contributed by atoms with van der Waals surface area (Å²) in [6, 6.07) is 4.34. The van der Waals surface area contributed by atoms with Gasteiger partial charge in [0.1, 0.15) is 5.25 Å². The number of aromatic nitrogens is 2. The molecule has 4 nitrogen and oxygen atoms in total. The van der Waals surface area contributed by atoms with Crippen molar-refractivity contribution in [1.82, 2.24) is 9.59 Å². The molecule has 1 atom stereocenters. The van der Waals surface area contributed by atoms with E-state index in [2.05, 4.69) is 9.59 Å². The molecule has 0 aliphatic carbocycles. The Morgan fingerprint density at radius 3 is 2.53 bits per heavy atom. The lowest BCUT2D eigenvalue weighted by molar-refractivity contribution is 0.586. The van der Waals surface area contributed by atoms with Crippen LogP contribution in [0.4, 0.5) is 0 Å². The second-order valence-electron chi connectivity index (χ2n) is 3.98. The zero-order valence-corrected chi connectivity index (χ0v) is 13.2. The Morgan fingerprint density at radius 2 is 2.00 bits per heavy atom. The molecule has 0 amide bonds. The third kappa shape index (κ3) is 2.76. The molecule has 0 saturated carbocycles. The Balaban J connectivity index is 2.51. The number of rotatable bonds is 3. The van der Waals surface area contributed by atoms with Gasteiger partial charge in [0.2, 0.25) is 0 Å². The Labute approximate surface area is 125 Å². The summed E-state index contributed by atoms with van der Waals surface area (Å²) in [6.07, 6.45) is 0. The molecule has 2 rings (SSSR count). The van der Waals surface area contributed by atoms with Crippen LogP contribution in [0.25, 0.3) is 0 Å². The first kappa shape index (κ1) is 14.7. The molecule has 0 aliphatic heterocycles. The standard InChI is InChI=1S/C11H10Cl2N2O2S2/c1-6-11(18-15-14-6)7(2)19(16,17)10-4-3-8(12)5-9(10)13/h3-5,7H,1-2H3. The van der Waals surface area contributed by atoms with E-state index in [-0.39, 0.29) is 9.92 Å². The van der Waals surface area contributed by atoms with E-state index in [0.717, 1.165) is 11.5 Å². The van der Waals surface area contributed by atoms with E-state index in [0.29, 0.717) is 15.6 Å². The van der Waals surface area contributed by atoms with Crippen molar-refractivity contribution in [2.45, 2.75) is 24.0 Å². The van der Waals surface area contributed by atoms with Gasteiger partial charge in [-0.1, -0.05) is 27.7 Å². The second kappa shape index (κ2) is 5.36. The summed E-state index contributed by atoms with van der Waals surface area (Å²) in [4.78, 5) is 0.685. The van der Waals surface area contributed by atoms with E-state index in [1.54, 1.807) is 13.8 Å². The van der Waals surface area contributed by atoms with Crippen molar-refractivity contribution < 1.29 is 8.42 Å². The van der Waals surface area contributed by atoms with E-state index < -0.39 is 15.1 Å². The predicted molar refractivity (Wildman–Crippen MR) is 76.7 cm³/mol. The number of benzene rings is 1. The van der Waals surface area contributed by atoms with Gasteiger partial charge in [0, 0.05) is 5.02 Å². The Bertz CT molecular complexity index is 713. The molecule has 0 bridgehead atoms. The fourth-order valence-electron chi connectivity index (χ4n) is 1.65. The SMILES string of the molecule is Cc1nnsc1C(C)S(=O)(=O)c1ccc(Cl)cc1Cl. The quantitative estimate of drug-likeness (QED) is 0.857. The second-order valence-corrected chi connectivity index (χ2v) is 7.85. The minimum absolute atomic E-state index is 0.0684. The monoisotopic (exact) mass is 336 g/mol. The van der Waals surface area contributed by atoms with Gasteiger partial charge in [0.15, 0.2) is 9.84 Å². The molecule has 0 fully saturated rings. The van der Waals surface area contributed by atoms with Gasteiger partial charge in [-0.3, -0.25) is 0 Å². The van der Waals surface area contributed by atoms with Crippen LogP contribution in [-0.4, -0.2) is 18.0 Å². The van der Waals surface area contributed by atoms with Gasteiger partial charge in [-0.25, -0.2) is 8.42 Å². The van der Waals surface area contributed by atoms with Crippen LogP contribution >= 0.6 is 34.7 Å². The molecule has 0 N–H and O–H groups in total. The molecule has 1 aromatic carbocycles. The number of hydrogen-bond acceptors (Lipinski definition) is 5. The van der Waals surface area contributed by atoms with Crippen molar-refractivity contribution in [3.8, 4) is 0 Å². The summed E-state index contributed by atoms with van der Waals surface area (Å²) >= 11 is 12.8. The Kier molecular flexibility index (Phi) is 4.15. The average Bonchev–Trinajstić information content (AvgIpc) is 2.73. The third-order valence-electron chi connectivity index (χ3n) is 2.72. The van der Waals surface area contributed by atoms with E-state index in [1.807, 2.05) is 0 Å². The number of sulfone groups is 1. The lowest BCUT2D eigenvalue weighted by atomic mass is 10.3. The molecule has 0 radical (unpaired) electrons. The molecule has 102 valence electrons. The minimum atomic E-state index is -3.59. The summed E-state index contributed by atoms with van der Waals surface area (Å²) < 4.78 is 28.8. The van der Waals surface area contributed by atoms with Crippen molar-refractivity contribution in [1.29, 1.82) is 0 Å². The van der Waals surface area contributed by atoms with Crippen molar-refractivity contribution in [3.05, 3.63) is 38.8 Å². The molecule has 8 heteroatoms. The number of hydrogen-bond donors (Lipinski definition) is 0. The highest BCUT2D eigenvalue weighted by molar-refractivity contribution is 7.92. The molecular weight excluding hydrogens is 327 g/mol. The molecule has 1 aromatic heterocycles. The van der Waals surface area contributed by atoms with Gasteiger partial charge < -0.3 is 0 Å². The maximum absolute atomic E-state index is 12.5. The van der Waals surface area contributed by atoms with Crippen LogP contribution in [0.3, 0.4) is 0 Å². The molecular formula is C11H10Cl2N2O2S2. The van der Waals surface area contributed by atoms with Crippen molar-refractivity contribution in [3.63, 3.8) is 0 Å². The third-order valence-corrected chi connectivity index (χ3v) is 6.68. The topological polar surface area (TPSA) is 59.9 Å². The zero-order chi connectivity index (χ0) is 14.2. The van der Waals surface area contributed by atoms with Gasteiger partial charge in [-0.05, 0) is 43.6 Å². The first-order valence-electron chi connectivity index (χ1n) is 5.32. The number of aryl methyl sites for hydroxylation is 1. The minimum Gasteiger partial charge on any atom is -0.223 e. The van der Waals surface area contributed by atoms with Gasteiger partial charge in [0.05, 0.1) is 20.5 Å². The number of nitrogens with zero attached hydrogens (tertiary/aromatic N) is 2. The van der Waals surface area contributed by atoms with E-state index in [9.17, 15) is 8.42 Å². The maximum atomic E-state index is 12.5. The van der Waals surface area contributed by atoms with Gasteiger partial charge >= 0.3 is 0 Å². The largest absolute Gasteiger partial charge is 0.223 e. The van der Waals surface area contributed by atoms with Gasteiger partial charge in [-0.15, -0.1) is 5.10 Å². The number of halogens is 2. The maximum Gasteiger partial charge on any atom is 0.187 e. The van der Waals surface area contributed by atoms with Gasteiger partial charge in [-0.2, -0.15) is 0 Å². The fraction of sp³-hybridized carbons (Fsp3) is 0.273. The zero-order valence-electron chi connectivity index (χ0n) is 10.1. The molecule has 0 aliphatic rings. The highest BCUT2D eigenvalue weighted by Gasteiger charge is 2.30. The van der Waals surface area contributed by atoms with E-state index in [4.69, 9.17) is 23.2 Å². The van der Waals surface area contributed by atoms with Crippen LogP contribution in [0.5, 0.6) is 0 Å². The molecule has 0 saturated heterocycles. The summed E-state index contributed by atoms with van der Waals surface area (Å²) in [5.41, 5.74) is 0.617. The Morgan fingerprint density at radius 1 is 1.32 bits per heavy atom. The van der Waals surface area contributed by atoms with Crippen LogP contribution < -0.4 is 0 Å². The lowest BCUT2D eigenvalue weighted by Crippen LogP contribution is -2.11. The van der Waals surface area contributed by atoms with Crippen LogP contribution in [-0.2, 0) is 9.84 Å². The first-order chi connectivity index (χ1) is 8.84. The summed E-state index contributed by atoms with van der Waals surface area (Å²) in [5.74, 6) is 0. The highest BCUT2D eigenvalue weighted by atomic mass is 35.5. The van der Waals surface area contributed by atoms with Gasteiger partial charge in [0.25, 0.3) is 0 Å². The van der Waals surface area contributed by atoms with E-state index >= 15 is 0 Å². The highest BCUT2D eigenvalue weighted by Crippen LogP contribution is 2.35. The van der Waals surface area contributed by atoms with Crippen LogP contribution in [0.15, 0.2) is 23.1 Å². The lowest BCUT2D eigenvalue weighted by Gasteiger charge is -2.12. The van der Waals surface area contributed by atoms with Crippen LogP contribution in [0.1, 0.15) is 22.7 Å². The summed E-state index contributed by atoms with van der Waals surface area (Å²) in [7, 11) is -3.59. The normalized spacial score (nSPS) is 13.5. The molecule has 2 aromatic rings. The van der Waals surface area contributed by atoms with Crippen molar-refractivity contribution in [2.24, 2.45) is 0 Å². The van der Waals surface area contributed by atoms with Crippen molar-refractivity contribution >= 4 is 44.6 Å². The average molecular weight is 337 g/mol. The van der Waals surface area contributed by atoms with Crippen molar-refractivity contribution in [2.75, 3.05) is 0 Å².